The normalized spacial score (nSPS) is 20.1. The minimum absolute atomic E-state index is 0.0243. The fourth-order valence-corrected chi connectivity index (χ4v) is 3.38. The van der Waals surface area contributed by atoms with E-state index in [0.717, 1.165) is 37.2 Å². The standard InChI is InChI=1S/C22H30O4/c1-3-5-6-17-7-12-19(13-8-17)22(24)26-20-14-9-18(10-15-20)11-16-21(23)25-4-2/h9-11,14-17,19H,3-8,12-13H2,1-2H3/b16-11+. The summed E-state index contributed by atoms with van der Waals surface area (Å²) < 4.78 is 10.4. The molecule has 4 heteroatoms. The van der Waals surface area contributed by atoms with Gasteiger partial charge in [0.2, 0.25) is 0 Å². The highest BCUT2D eigenvalue weighted by Crippen LogP contribution is 2.32. The van der Waals surface area contributed by atoms with Gasteiger partial charge in [-0.1, -0.05) is 38.3 Å². The molecular weight excluding hydrogens is 328 g/mol. The van der Waals surface area contributed by atoms with Gasteiger partial charge in [-0.2, -0.15) is 0 Å². The molecule has 0 N–H and O–H groups in total. The van der Waals surface area contributed by atoms with Crippen molar-refractivity contribution in [2.45, 2.75) is 58.8 Å². The van der Waals surface area contributed by atoms with Crippen molar-refractivity contribution < 1.29 is 19.1 Å². The van der Waals surface area contributed by atoms with Gasteiger partial charge < -0.3 is 9.47 Å². The highest BCUT2D eigenvalue weighted by Gasteiger charge is 2.27. The molecule has 26 heavy (non-hydrogen) atoms. The Labute approximate surface area is 156 Å². The molecule has 0 bridgehead atoms. The van der Waals surface area contributed by atoms with Crippen LogP contribution in [-0.2, 0) is 14.3 Å². The van der Waals surface area contributed by atoms with Crippen molar-refractivity contribution in [3.8, 4) is 5.75 Å². The third-order valence-corrected chi connectivity index (χ3v) is 4.94. The zero-order valence-corrected chi connectivity index (χ0v) is 15.9. The summed E-state index contributed by atoms with van der Waals surface area (Å²) in [6.45, 7) is 4.35. The molecule has 0 heterocycles. The number of rotatable bonds is 8. The van der Waals surface area contributed by atoms with E-state index in [0.29, 0.717) is 12.4 Å². The lowest BCUT2D eigenvalue weighted by Crippen LogP contribution is -2.25. The fraction of sp³-hybridized carbons (Fsp3) is 0.545. The van der Waals surface area contributed by atoms with E-state index in [1.54, 1.807) is 25.1 Å². The zero-order chi connectivity index (χ0) is 18.8. The molecule has 0 aliphatic heterocycles. The Balaban J connectivity index is 1.80. The summed E-state index contributed by atoms with van der Waals surface area (Å²) in [7, 11) is 0. The van der Waals surface area contributed by atoms with Crippen molar-refractivity contribution in [2.75, 3.05) is 6.61 Å². The van der Waals surface area contributed by atoms with Crippen LogP contribution in [0.2, 0.25) is 0 Å². The lowest BCUT2D eigenvalue weighted by molar-refractivity contribution is -0.140. The van der Waals surface area contributed by atoms with Crippen molar-refractivity contribution >= 4 is 18.0 Å². The van der Waals surface area contributed by atoms with Crippen LogP contribution >= 0.6 is 0 Å². The molecule has 1 aromatic carbocycles. The Bertz CT molecular complexity index is 595. The van der Waals surface area contributed by atoms with E-state index in [2.05, 4.69) is 6.92 Å². The first kappa shape index (κ1) is 20.2. The van der Waals surface area contributed by atoms with Gasteiger partial charge in [0.15, 0.2) is 0 Å². The molecule has 1 fully saturated rings. The molecule has 142 valence electrons. The van der Waals surface area contributed by atoms with E-state index in [1.807, 2.05) is 12.1 Å². The first-order valence-electron chi connectivity index (χ1n) is 9.79. The van der Waals surface area contributed by atoms with E-state index in [4.69, 9.17) is 9.47 Å². The highest BCUT2D eigenvalue weighted by atomic mass is 16.5. The van der Waals surface area contributed by atoms with Gasteiger partial charge in [-0.25, -0.2) is 4.79 Å². The van der Waals surface area contributed by atoms with Crippen LogP contribution in [0.4, 0.5) is 0 Å². The second kappa shape index (κ2) is 10.8. The summed E-state index contributed by atoms with van der Waals surface area (Å²) in [5.74, 6) is 0.878. The van der Waals surface area contributed by atoms with E-state index < -0.39 is 0 Å². The molecule has 0 amide bonds. The SMILES string of the molecule is CCCCC1CCC(C(=O)Oc2ccc(/C=C/C(=O)OCC)cc2)CC1. The smallest absolute Gasteiger partial charge is 0.330 e. The van der Waals surface area contributed by atoms with Crippen molar-refractivity contribution in [2.24, 2.45) is 11.8 Å². The van der Waals surface area contributed by atoms with Crippen LogP contribution in [0, 0.1) is 11.8 Å². The van der Waals surface area contributed by atoms with Gasteiger partial charge in [0, 0.05) is 6.08 Å². The average molecular weight is 358 g/mol. The summed E-state index contributed by atoms with van der Waals surface area (Å²) >= 11 is 0. The number of benzene rings is 1. The third kappa shape index (κ3) is 6.66. The minimum Gasteiger partial charge on any atom is -0.463 e. The van der Waals surface area contributed by atoms with Gasteiger partial charge in [-0.3, -0.25) is 4.79 Å². The largest absolute Gasteiger partial charge is 0.463 e. The van der Waals surface area contributed by atoms with Crippen LogP contribution < -0.4 is 4.74 Å². The summed E-state index contributed by atoms with van der Waals surface area (Å²) in [6, 6.07) is 7.16. The molecule has 0 unspecified atom stereocenters. The Morgan fingerprint density at radius 3 is 2.38 bits per heavy atom. The molecule has 0 radical (unpaired) electrons. The summed E-state index contributed by atoms with van der Waals surface area (Å²) in [5.41, 5.74) is 0.856. The second-order valence-electron chi connectivity index (χ2n) is 6.94. The average Bonchev–Trinajstić information content (AvgIpc) is 2.66. The number of carbonyl (C=O) groups is 2. The Hall–Kier alpha value is -2.10. The van der Waals surface area contributed by atoms with E-state index in [9.17, 15) is 9.59 Å². The zero-order valence-electron chi connectivity index (χ0n) is 15.9. The maximum absolute atomic E-state index is 12.4. The van der Waals surface area contributed by atoms with Crippen LogP contribution in [0.1, 0.15) is 64.4 Å². The monoisotopic (exact) mass is 358 g/mol. The minimum atomic E-state index is -0.363. The Morgan fingerprint density at radius 1 is 1.08 bits per heavy atom. The molecule has 4 nitrogen and oxygen atoms in total. The Morgan fingerprint density at radius 2 is 1.77 bits per heavy atom. The Kier molecular flexibility index (Phi) is 8.39. The van der Waals surface area contributed by atoms with Crippen LogP contribution in [0.5, 0.6) is 5.75 Å². The van der Waals surface area contributed by atoms with E-state index in [-0.39, 0.29) is 17.9 Å². The summed E-state index contributed by atoms with van der Waals surface area (Å²) in [4.78, 5) is 23.7. The van der Waals surface area contributed by atoms with Gasteiger partial charge in [0.1, 0.15) is 5.75 Å². The molecule has 1 aliphatic carbocycles. The van der Waals surface area contributed by atoms with Crippen LogP contribution in [0.15, 0.2) is 30.3 Å². The lowest BCUT2D eigenvalue weighted by atomic mass is 9.80. The van der Waals surface area contributed by atoms with E-state index >= 15 is 0 Å². The van der Waals surface area contributed by atoms with Gasteiger partial charge in [-0.05, 0) is 62.3 Å². The van der Waals surface area contributed by atoms with Crippen LogP contribution in [0.3, 0.4) is 0 Å². The molecule has 0 spiro atoms. The predicted molar refractivity (Wildman–Crippen MR) is 103 cm³/mol. The summed E-state index contributed by atoms with van der Waals surface area (Å²) in [6.07, 6.45) is 11.0. The maximum Gasteiger partial charge on any atom is 0.330 e. The van der Waals surface area contributed by atoms with Crippen molar-refractivity contribution in [3.05, 3.63) is 35.9 Å². The molecule has 1 aliphatic rings. The van der Waals surface area contributed by atoms with Crippen molar-refractivity contribution in [3.63, 3.8) is 0 Å². The maximum atomic E-state index is 12.4. The molecule has 1 aromatic rings. The second-order valence-corrected chi connectivity index (χ2v) is 6.94. The fourth-order valence-electron chi connectivity index (χ4n) is 3.38. The predicted octanol–water partition coefficient (Wildman–Crippen LogP) is 5.16. The van der Waals surface area contributed by atoms with Gasteiger partial charge in [0.25, 0.3) is 0 Å². The molecular formula is C22H30O4. The number of ether oxygens (including phenoxy) is 2. The first-order valence-corrected chi connectivity index (χ1v) is 9.79. The number of hydrogen-bond acceptors (Lipinski definition) is 4. The molecule has 0 saturated heterocycles. The highest BCUT2D eigenvalue weighted by molar-refractivity contribution is 5.87. The van der Waals surface area contributed by atoms with E-state index in [1.165, 1.54) is 25.3 Å². The molecule has 0 aromatic heterocycles. The molecule has 1 saturated carbocycles. The van der Waals surface area contributed by atoms with Crippen molar-refractivity contribution in [1.82, 2.24) is 0 Å². The third-order valence-electron chi connectivity index (χ3n) is 4.94. The number of esters is 2. The van der Waals surface area contributed by atoms with Gasteiger partial charge in [0.05, 0.1) is 12.5 Å². The number of unbranched alkanes of at least 4 members (excludes halogenated alkanes) is 1. The number of carbonyl (C=O) groups excluding carboxylic acids is 2. The topological polar surface area (TPSA) is 52.6 Å². The van der Waals surface area contributed by atoms with Crippen LogP contribution in [0.25, 0.3) is 6.08 Å². The summed E-state index contributed by atoms with van der Waals surface area (Å²) in [5, 5.41) is 0. The first-order chi connectivity index (χ1) is 12.6. The quantitative estimate of drug-likeness (QED) is 0.366. The number of hydrogen-bond donors (Lipinski definition) is 0. The lowest BCUT2D eigenvalue weighted by Gasteiger charge is -2.27. The van der Waals surface area contributed by atoms with Crippen molar-refractivity contribution in [1.29, 1.82) is 0 Å². The van der Waals surface area contributed by atoms with Gasteiger partial charge in [-0.15, -0.1) is 0 Å². The molecule has 0 atom stereocenters. The molecule has 2 rings (SSSR count). The van der Waals surface area contributed by atoms with Gasteiger partial charge >= 0.3 is 11.9 Å². The van der Waals surface area contributed by atoms with Crippen LogP contribution in [-0.4, -0.2) is 18.5 Å².